The molecular formula is C26H25N3O2S. The van der Waals surface area contributed by atoms with Crippen molar-refractivity contribution in [3.8, 4) is 5.69 Å². The minimum Gasteiger partial charge on any atom is -0.325 e. The number of amides is 1. The second kappa shape index (κ2) is 9.40. The smallest absolute Gasteiger partial charge is 0.266 e. The summed E-state index contributed by atoms with van der Waals surface area (Å²) in [6.45, 7) is 5.97. The Kier molecular flexibility index (Phi) is 6.42. The van der Waals surface area contributed by atoms with Crippen LogP contribution in [0.4, 0.5) is 5.69 Å². The molecule has 4 aromatic rings. The normalized spacial score (nSPS) is 12.0. The first-order chi connectivity index (χ1) is 15.5. The molecule has 0 aliphatic carbocycles. The Morgan fingerprint density at radius 3 is 2.47 bits per heavy atom. The summed E-state index contributed by atoms with van der Waals surface area (Å²) in [6.07, 6.45) is 0.596. The zero-order valence-corrected chi connectivity index (χ0v) is 19.1. The van der Waals surface area contributed by atoms with Gasteiger partial charge in [-0.1, -0.05) is 66.7 Å². The molecule has 5 nitrogen and oxygen atoms in total. The van der Waals surface area contributed by atoms with Gasteiger partial charge in [0, 0.05) is 5.69 Å². The van der Waals surface area contributed by atoms with E-state index in [-0.39, 0.29) is 11.5 Å². The van der Waals surface area contributed by atoms with Gasteiger partial charge >= 0.3 is 0 Å². The third-order valence-electron chi connectivity index (χ3n) is 5.31. The highest BCUT2D eigenvalue weighted by molar-refractivity contribution is 8.00. The Bertz CT molecular complexity index is 1330. The number of hydrogen-bond acceptors (Lipinski definition) is 4. The van der Waals surface area contributed by atoms with Crippen LogP contribution >= 0.6 is 11.8 Å². The molecule has 0 aliphatic heterocycles. The predicted molar refractivity (Wildman–Crippen MR) is 132 cm³/mol. The molecule has 0 fully saturated rings. The van der Waals surface area contributed by atoms with Gasteiger partial charge in [-0.3, -0.25) is 14.2 Å². The highest BCUT2D eigenvalue weighted by Gasteiger charge is 2.23. The Morgan fingerprint density at radius 1 is 1.03 bits per heavy atom. The molecule has 1 aromatic heterocycles. The van der Waals surface area contributed by atoms with Crippen molar-refractivity contribution in [1.82, 2.24) is 9.55 Å². The maximum atomic E-state index is 13.4. The summed E-state index contributed by atoms with van der Waals surface area (Å²) in [7, 11) is 0. The van der Waals surface area contributed by atoms with E-state index >= 15 is 0 Å². The van der Waals surface area contributed by atoms with Crippen molar-refractivity contribution in [3.63, 3.8) is 0 Å². The third kappa shape index (κ3) is 4.46. The van der Waals surface area contributed by atoms with Crippen LogP contribution in [0.1, 0.15) is 24.5 Å². The molecule has 6 heteroatoms. The summed E-state index contributed by atoms with van der Waals surface area (Å²) >= 11 is 1.32. The van der Waals surface area contributed by atoms with Crippen molar-refractivity contribution < 1.29 is 4.79 Å². The maximum absolute atomic E-state index is 13.4. The molecule has 0 spiro atoms. The van der Waals surface area contributed by atoms with Gasteiger partial charge < -0.3 is 5.32 Å². The van der Waals surface area contributed by atoms with Crippen molar-refractivity contribution in [1.29, 1.82) is 0 Å². The summed E-state index contributed by atoms with van der Waals surface area (Å²) in [5, 5.41) is 3.69. The van der Waals surface area contributed by atoms with E-state index in [9.17, 15) is 9.59 Å². The lowest BCUT2D eigenvalue weighted by Crippen LogP contribution is -2.27. The molecule has 162 valence electrons. The third-order valence-corrected chi connectivity index (χ3v) is 6.63. The highest BCUT2D eigenvalue weighted by atomic mass is 32.2. The Morgan fingerprint density at radius 2 is 1.75 bits per heavy atom. The van der Waals surface area contributed by atoms with E-state index in [1.165, 1.54) is 11.8 Å². The maximum Gasteiger partial charge on any atom is 0.266 e. The van der Waals surface area contributed by atoms with Gasteiger partial charge in [0.1, 0.15) is 0 Å². The number of thioether (sulfide) groups is 1. The van der Waals surface area contributed by atoms with Crippen molar-refractivity contribution in [2.24, 2.45) is 0 Å². The second-order valence-corrected chi connectivity index (χ2v) is 8.88. The number of carbonyl (C=O) groups excluding carboxylic acids is 1. The number of benzene rings is 3. The lowest BCUT2D eigenvalue weighted by Gasteiger charge is -2.18. The van der Waals surface area contributed by atoms with Gasteiger partial charge in [0.2, 0.25) is 5.91 Å². The fourth-order valence-corrected chi connectivity index (χ4v) is 4.64. The van der Waals surface area contributed by atoms with Gasteiger partial charge in [-0.15, -0.1) is 0 Å². The van der Waals surface area contributed by atoms with Crippen LogP contribution in [0.3, 0.4) is 0 Å². The number of carbonyl (C=O) groups is 1. The van der Waals surface area contributed by atoms with Crippen LogP contribution in [-0.2, 0) is 4.79 Å². The van der Waals surface area contributed by atoms with Crippen molar-refractivity contribution in [3.05, 3.63) is 94.3 Å². The zero-order valence-electron chi connectivity index (χ0n) is 18.3. The number of nitrogens with zero attached hydrogens (tertiary/aromatic N) is 2. The number of aromatic nitrogens is 2. The van der Waals surface area contributed by atoms with E-state index in [1.807, 2.05) is 87.5 Å². The van der Waals surface area contributed by atoms with Gasteiger partial charge in [-0.25, -0.2) is 4.98 Å². The summed E-state index contributed by atoms with van der Waals surface area (Å²) < 4.78 is 1.60. The number of para-hydroxylation sites is 2. The largest absolute Gasteiger partial charge is 0.325 e. The first-order valence-corrected chi connectivity index (χ1v) is 11.5. The molecule has 1 N–H and O–H groups in total. The quantitative estimate of drug-likeness (QED) is 0.315. The second-order valence-electron chi connectivity index (χ2n) is 7.71. The molecular weight excluding hydrogens is 418 g/mol. The minimum atomic E-state index is -0.404. The van der Waals surface area contributed by atoms with E-state index in [0.29, 0.717) is 22.5 Å². The van der Waals surface area contributed by atoms with Crippen LogP contribution in [0.15, 0.2) is 82.7 Å². The summed E-state index contributed by atoms with van der Waals surface area (Å²) in [5.74, 6) is -0.105. The average molecular weight is 444 g/mol. The van der Waals surface area contributed by atoms with E-state index in [4.69, 9.17) is 4.98 Å². The number of hydrogen-bond donors (Lipinski definition) is 1. The molecule has 32 heavy (non-hydrogen) atoms. The minimum absolute atomic E-state index is 0.105. The molecule has 4 rings (SSSR count). The highest BCUT2D eigenvalue weighted by Crippen LogP contribution is 2.28. The number of nitrogens with one attached hydrogen (secondary N) is 1. The van der Waals surface area contributed by atoms with Gasteiger partial charge in [-0.2, -0.15) is 0 Å². The van der Waals surface area contributed by atoms with Crippen molar-refractivity contribution in [2.75, 3.05) is 5.32 Å². The van der Waals surface area contributed by atoms with Crippen molar-refractivity contribution >= 4 is 34.3 Å². The summed E-state index contributed by atoms with van der Waals surface area (Å²) in [5.41, 5.74) is 4.16. The lowest BCUT2D eigenvalue weighted by molar-refractivity contribution is -0.115. The predicted octanol–water partition coefficient (Wildman–Crippen LogP) is 5.51. The molecule has 3 aromatic carbocycles. The summed E-state index contributed by atoms with van der Waals surface area (Å²) in [6, 6.07) is 22.7. The standard InChI is InChI=1S/C26H25N3O2S/c1-4-23(24(30)27-21-15-14-17(2)16-18(21)3)32-26-28-22-13-9-8-12-20(22)25(31)29(26)19-10-6-5-7-11-19/h5-16,23H,4H2,1-3H3,(H,27,30). The van der Waals surface area contributed by atoms with Crippen LogP contribution < -0.4 is 10.9 Å². The van der Waals surface area contributed by atoms with Crippen LogP contribution in [0.2, 0.25) is 0 Å². The fourth-order valence-electron chi connectivity index (χ4n) is 3.61. The monoisotopic (exact) mass is 443 g/mol. The molecule has 1 atom stereocenters. The fraction of sp³-hybridized carbons (Fsp3) is 0.192. The average Bonchev–Trinajstić information content (AvgIpc) is 2.80. The molecule has 0 saturated carbocycles. The number of rotatable bonds is 6. The van der Waals surface area contributed by atoms with Gasteiger partial charge in [0.05, 0.1) is 21.8 Å². The zero-order chi connectivity index (χ0) is 22.7. The lowest BCUT2D eigenvalue weighted by atomic mass is 10.1. The molecule has 0 radical (unpaired) electrons. The van der Waals surface area contributed by atoms with Gasteiger partial charge in [0.15, 0.2) is 5.16 Å². The number of fused-ring (bicyclic) bond motifs is 1. The van der Waals surface area contributed by atoms with E-state index in [2.05, 4.69) is 5.32 Å². The Labute approximate surface area is 191 Å². The van der Waals surface area contributed by atoms with E-state index in [0.717, 1.165) is 22.5 Å². The molecule has 0 aliphatic rings. The van der Waals surface area contributed by atoms with Gasteiger partial charge in [-0.05, 0) is 56.2 Å². The topological polar surface area (TPSA) is 64.0 Å². The number of anilines is 1. The molecule has 1 heterocycles. The number of aryl methyl sites for hydroxylation is 2. The summed E-state index contributed by atoms with van der Waals surface area (Å²) in [4.78, 5) is 31.3. The molecule has 0 bridgehead atoms. The first-order valence-electron chi connectivity index (χ1n) is 10.6. The van der Waals surface area contributed by atoms with Crippen molar-refractivity contribution in [2.45, 2.75) is 37.6 Å². The molecule has 1 unspecified atom stereocenters. The van der Waals surface area contributed by atoms with Crippen LogP contribution in [0.25, 0.3) is 16.6 Å². The van der Waals surface area contributed by atoms with E-state index in [1.54, 1.807) is 10.6 Å². The van der Waals surface area contributed by atoms with Crippen LogP contribution in [0, 0.1) is 13.8 Å². The molecule has 1 amide bonds. The van der Waals surface area contributed by atoms with Crippen LogP contribution in [-0.4, -0.2) is 20.7 Å². The first kappa shape index (κ1) is 21.8. The molecule has 0 saturated heterocycles. The Hall–Kier alpha value is -3.38. The Balaban J connectivity index is 1.73. The van der Waals surface area contributed by atoms with Gasteiger partial charge in [0.25, 0.3) is 5.56 Å². The van der Waals surface area contributed by atoms with E-state index < -0.39 is 5.25 Å². The SMILES string of the molecule is CCC(Sc1nc2ccccc2c(=O)n1-c1ccccc1)C(=O)Nc1ccc(C)cc1C. The van der Waals surface area contributed by atoms with Crippen LogP contribution in [0.5, 0.6) is 0 Å².